The second-order valence-electron chi connectivity index (χ2n) is 4.18. The lowest BCUT2D eigenvalue weighted by atomic mass is 10.1. The van der Waals surface area contributed by atoms with Crippen LogP contribution < -0.4 is 0 Å². The average molecular weight is 253 g/mol. The van der Waals surface area contributed by atoms with Gasteiger partial charge in [-0.25, -0.2) is 4.39 Å². The van der Waals surface area contributed by atoms with Crippen molar-refractivity contribution in [3.05, 3.63) is 30.1 Å². The summed E-state index contributed by atoms with van der Waals surface area (Å²) in [5.41, 5.74) is 0. The Labute approximate surface area is 105 Å². The maximum Gasteiger partial charge on any atom is 0.232 e. The summed E-state index contributed by atoms with van der Waals surface area (Å²) in [4.78, 5) is 14.7. The van der Waals surface area contributed by atoms with Gasteiger partial charge in [0.1, 0.15) is 5.82 Å². The number of nitrogens with zero attached hydrogens (tertiary/aromatic N) is 1. The minimum atomic E-state index is -0.239. The van der Waals surface area contributed by atoms with Gasteiger partial charge in [0, 0.05) is 18.0 Å². The molecule has 17 heavy (non-hydrogen) atoms. The first kappa shape index (κ1) is 12.4. The molecular formula is C13H16FNOS. The van der Waals surface area contributed by atoms with Crippen molar-refractivity contribution in [2.75, 3.05) is 18.8 Å². The number of likely N-dealkylation sites (tertiary alicyclic amines) is 1. The van der Waals surface area contributed by atoms with E-state index in [2.05, 4.69) is 0 Å². The van der Waals surface area contributed by atoms with Crippen LogP contribution in [0.25, 0.3) is 0 Å². The Balaban J connectivity index is 1.81. The molecule has 0 bridgehead atoms. The van der Waals surface area contributed by atoms with Crippen LogP contribution in [0.4, 0.5) is 4.39 Å². The summed E-state index contributed by atoms with van der Waals surface area (Å²) in [6.07, 6.45) is 3.47. The number of carbonyl (C=O) groups excluding carboxylic acids is 1. The molecule has 1 amide bonds. The molecule has 0 spiro atoms. The molecule has 1 aliphatic rings. The molecule has 0 saturated carbocycles. The van der Waals surface area contributed by atoms with Crippen molar-refractivity contribution in [1.82, 2.24) is 4.90 Å². The number of hydrogen-bond acceptors (Lipinski definition) is 2. The summed E-state index contributed by atoms with van der Waals surface area (Å²) in [7, 11) is 0. The number of thioether (sulfide) groups is 1. The van der Waals surface area contributed by atoms with Crippen molar-refractivity contribution in [2.45, 2.75) is 24.2 Å². The normalized spacial score (nSPS) is 15.9. The van der Waals surface area contributed by atoms with E-state index in [0.717, 1.165) is 30.8 Å². The summed E-state index contributed by atoms with van der Waals surface area (Å²) in [5.74, 6) is 0.404. The molecule has 2 nitrogen and oxygen atoms in total. The van der Waals surface area contributed by atoms with E-state index in [-0.39, 0.29) is 11.7 Å². The van der Waals surface area contributed by atoms with Crippen LogP contribution in [0.5, 0.6) is 0 Å². The topological polar surface area (TPSA) is 20.3 Å². The van der Waals surface area contributed by atoms with E-state index < -0.39 is 0 Å². The minimum absolute atomic E-state index is 0.194. The molecule has 0 aromatic heterocycles. The van der Waals surface area contributed by atoms with E-state index in [0.29, 0.717) is 5.75 Å². The van der Waals surface area contributed by atoms with Gasteiger partial charge in [0.05, 0.1) is 5.75 Å². The van der Waals surface area contributed by atoms with Crippen LogP contribution >= 0.6 is 11.8 Å². The highest BCUT2D eigenvalue weighted by atomic mass is 32.2. The largest absolute Gasteiger partial charge is 0.342 e. The van der Waals surface area contributed by atoms with E-state index in [1.54, 1.807) is 12.1 Å². The summed E-state index contributed by atoms with van der Waals surface area (Å²) in [6, 6.07) is 6.27. The lowest BCUT2D eigenvalue weighted by Crippen LogP contribution is -2.36. The fraction of sp³-hybridized carbons (Fsp3) is 0.462. The van der Waals surface area contributed by atoms with Crippen LogP contribution in [0.1, 0.15) is 19.3 Å². The first-order valence-electron chi connectivity index (χ1n) is 5.92. The van der Waals surface area contributed by atoms with Gasteiger partial charge in [0.2, 0.25) is 5.91 Å². The molecule has 1 fully saturated rings. The SMILES string of the molecule is O=C(CSc1ccc(F)cc1)N1CCCCC1. The number of hydrogen-bond donors (Lipinski definition) is 0. The third-order valence-electron chi connectivity index (χ3n) is 2.88. The summed E-state index contributed by atoms with van der Waals surface area (Å²) in [5, 5.41) is 0. The van der Waals surface area contributed by atoms with Crippen molar-refractivity contribution < 1.29 is 9.18 Å². The molecule has 0 N–H and O–H groups in total. The molecule has 0 unspecified atom stereocenters. The number of amides is 1. The molecule has 1 aromatic rings. The monoisotopic (exact) mass is 253 g/mol. The summed E-state index contributed by atoms with van der Waals surface area (Å²) < 4.78 is 12.7. The van der Waals surface area contributed by atoms with Crippen molar-refractivity contribution in [2.24, 2.45) is 0 Å². The molecule has 0 radical (unpaired) electrons. The summed E-state index contributed by atoms with van der Waals surface area (Å²) >= 11 is 1.47. The van der Waals surface area contributed by atoms with Gasteiger partial charge in [-0.1, -0.05) is 0 Å². The highest BCUT2D eigenvalue weighted by molar-refractivity contribution is 8.00. The highest BCUT2D eigenvalue weighted by Crippen LogP contribution is 2.19. The molecule has 1 aliphatic heterocycles. The first-order valence-corrected chi connectivity index (χ1v) is 6.90. The van der Waals surface area contributed by atoms with Gasteiger partial charge in [-0.15, -0.1) is 11.8 Å². The van der Waals surface area contributed by atoms with Gasteiger partial charge in [-0.2, -0.15) is 0 Å². The molecule has 92 valence electrons. The number of carbonyl (C=O) groups is 1. The third-order valence-corrected chi connectivity index (χ3v) is 3.88. The van der Waals surface area contributed by atoms with Gasteiger partial charge in [0.25, 0.3) is 0 Å². The predicted molar refractivity (Wildman–Crippen MR) is 67.6 cm³/mol. The molecule has 4 heteroatoms. The van der Waals surface area contributed by atoms with Crippen LogP contribution in [-0.2, 0) is 4.79 Å². The third kappa shape index (κ3) is 3.73. The van der Waals surface area contributed by atoms with Crippen molar-refractivity contribution in [3.63, 3.8) is 0 Å². The average Bonchev–Trinajstić information content (AvgIpc) is 2.39. The Morgan fingerprint density at radius 3 is 2.47 bits per heavy atom. The van der Waals surface area contributed by atoms with Crippen molar-refractivity contribution in [3.8, 4) is 0 Å². The Morgan fingerprint density at radius 1 is 1.18 bits per heavy atom. The summed E-state index contributed by atoms with van der Waals surface area (Å²) in [6.45, 7) is 1.78. The number of piperidine rings is 1. The maximum absolute atomic E-state index is 12.7. The van der Waals surface area contributed by atoms with Crippen molar-refractivity contribution >= 4 is 17.7 Å². The molecular weight excluding hydrogens is 237 g/mol. The fourth-order valence-corrected chi connectivity index (χ4v) is 2.71. The smallest absolute Gasteiger partial charge is 0.232 e. The minimum Gasteiger partial charge on any atom is -0.342 e. The molecule has 2 rings (SSSR count). The molecule has 1 heterocycles. The van der Waals surface area contributed by atoms with Gasteiger partial charge in [-0.05, 0) is 43.5 Å². The van der Waals surface area contributed by atoms with E-state index in [1.807, 2.05) is 4.90 Å². The Hall–Kier alpha value is -1.03. The number of halogens is 1. The van der Waals surface area contributed by atoms with Gasteiger partial charge in [-0.3, -0.25) is 4.79 Å². The lowest BCUT2D eigenvalue weighted by Gasteiger charge is -2.26. The van der Waals surface area contributed by atoms with E-state index in [1.165, 1.54) is 30.3 Å². The lowest BCUT2D eigenvalue weighted by molar-refractivity contribution is -0.129. The molecule has 0 atom stereocenters. The second-order valence-corrected chi connectivity index (χ2v) is 5.23. The highest BCUT2D eigenvalue weighted by Gasteiger charge is 2.16. The molecule has 0 aliphatic carbocycles. The molecule has 1 aromatic carbocycles. The fourth-order valence-electron chi connectivity index (χ4n) is 1.91. The number of rotatable bonds is 3. The number of benzene rings is 1. The van der Waals surface area contributed by atoms with Crippen LogP contribution in [0.15, 0.2) is 29.2 Å². The van der Waals surface area contributed by atoms with Crippen molar-refractivity contribution in [1.29, 1.82) is 0 Å². The zero-order chi connectivity index (χ0) is 12.1. The van der Waals surface area contributed by atoms with E-state index in [9.17, 15) is 9.18 Å². The second kappa shape index (κ2) is 6.05. The van der Waals surface area contributed by atoms with Crippen LogP contribution in [0.2, 0.25) is 0 Å². The quantitative estimate of drug-likeness (QED) is 0.772. The van der Waals surface area contributed by atoms with Crippen LogP contribution in [0, 0.1) is 5.82 Å². The van der Waals surface area contributed by atoms with Gasteiger partial charge in [0.15, 0.2) is 0 Å². The first-order chi connectivity index (χ1) is 8.25. The van der Waals surface area contributed by atoms with E-state index >= 15 is 0 Å². The Bertz CT molecular complexity index is 374. The van der Waals surface area contributed by atoms with Gasteiger partial charge >= 0.3 is 0 Å². The Morgan fingerprint density at radius 2 is 1.82 bits per heavy atom. The van der Waals surface area contributed by atoms with Crippen LogP contribution in [-0.4, -0.2) is 29.6 Å². The zero-order valence-corrected chi connectivity index (χ0v) is 10.5. The zero-order valence-electron chi connectivity index (χ0n) is 9.69. The molecule has 1 saturated heterocycles. The van der Waals surface area contributed by atoms with Crippen LogP contribution in [0.3, 0.4) is 0 Å². The standard InChI is InChI=1S/C13H16FNOS/c14-11-4-6-12(7-5-11)17-10-13(16)15-8-2-1-3-9-15/h4-7H,1-3,8-10H2. The maximum atomic E-state index is 12.7. The Kier molecular flexibility index (Phi) is 4.42. The van der Waals surface area contributed by atoms with Gasteiger partial charge < -0.3 is 4.90 Å². The van der Waals surface area contributed by atoms with E-state index in [4.69, 9.17) is 0 Å². The predicted octanol–water partition coefficient (Wildman–Crippen LogP) is 2.93.